The van der Waals surface area contributed by atoms with E-state index in [2.05, 4.69) is 9.88 Å². The minimum atomic E-state index is -0.519. The van der Waals surface area contributed by atoms with E-state index in [1.54, 1.807) is 13.1 Å². The zero-order chi connectivity index (χ0) is 25.3. The van der Waals surface area contributed by atoms with Crippen LogP contribution in [0.15, 0.2) is 48.7 Å². The highest BCUT2D eigenvalue weighted by Crippen LogP contribution is 2.41. The molecule has 1 aromatic heterocycles. The van der Waals surface area contributed by atoms with Crippen molar-refractivity contribution in [3.63, 3.8) is 0 Å². The Labute approximate surface area is 209 Å². The monoisotopic (exact) mass is 497 g/mol. The van der Waals surface area contributed by atoms with Crippen LogP contribution in [0.3, 0.4) is 0 Å². The molecule has 4 rings (SSSR count). The molecule has 0 aliphatic carbocycles. The van der Waals surface area contributed by atoms with Crippen LogP contribution in [-0.4, -0.2) is 54.4 Å². The Morgan fingerprint density at radius 2 is 1.91 bits per heavy atom. The van der Waals surface area contributed by atoms with Crippen LogP contribution in [0.1, 0.15) is 42.4 Å². The van der Waals surface area contributed by atoms with Gasteiger partial charge in [-0.3, -0.25) is 4.79 Å². The Bertz CT molecular complexity index is 1300. The Balaban J connectivity index is 1.87. The first-order chi connectivity index (χ1) is 16.7. The number of hydrogen-bond acceptors (Lipinski definition) is 4. The van der Waals surface area contributed by atoms with Crippen molar-refractivity contribution in [2.75, 3.05) is 37.5 Å². The molecular formula is C27H29ClFN3O3. The van der Waals surface area contributed by atoms with Crippen molar-refractivity contribution < 1.29 is 18.7 Å². The lowest BCUT2D eigenvalue weighted by Crippen LogP contribution is -2.37. The highest BCUT2D eigenvalue weighted by atomic mass is 35.5. The van der Waals surface area contributed by atoms with Gasteiger partial charge in [0.25, 0.3) is 5.91 Å². The van der Waals surface area contributed by atoms with Gasteiger partial charge in [-0.25, -0.2) is 9.18 Å². The molecule has 0 fully saturated rings. The van der Waals surface area contributed by atoms with Crippen LogP contribution in [0, 0.1) is 5.82 Å². The summed E-state index contributed by atoms with van der Waals surface area (Å²) in [5.74, 6) is -0.747. The number of carbonyl (C=O) groups excluding carboxylic acids is 2. The number of ether oxygens (including phenoxy) is 1. The van der Waals surface area contributed by atoms with Gasteiger partial charge >= 0.3 is 5.97 Å². The van der Waals surface area contributed by atoms with E-state index in [9.17, 15) is 14.0 Å². The van der Waals surface area contributed by atoms with Crippen LogP contribution in [0.25, 0.3) is 16.5 Å². The summed E-state index contributed by atoms with van der Waals surface area (Å²) < 4.78 is 18.8. The Hall–Kier alpha value is -3.32. The van der Waals surface area contributed by atoms with E-state index < -0.39 is 17.2 Å². The van der Waals surface area contributed by atoms with E-state index in [-0.39, 0.29) is 18.1 Å². The molecule has 1 aliphatic heterocycles. The van der Waals surface area contributed by atoms with Gasteiger partial charge < -0.3 is 19.5 Å². The fourth-order valence-corrected chi connectivity index (χ4v) is 4.86. The first-order valence-corrected chi connectivity index (χ1v) is 12.1. The largest absolute Gasteiger partial charge is 0.462 e. The number of nitrogens with one attached hydrogen (secondary N) is 1. The van der Waals surface area contributed by atoms with Crippen molar-refractivity contribution in [1.29, 1.82) is 0 Å². The molecular weight excluding hydrogens is 469 g/mol. The van der Waals surface area contributed by atoms with Gasteiger partial charge in [0.1, 0.15) is 5.82 Å². The summed E-state index contributed by atoms with van der Waals surface area (Å²) in [7, 11) is 1.98. The first-order valence-electron chi connectivity index (χ1n) is 11.6. The van der Waals surface area contributed by atoms with E-state index in [1.165, 1.54) is 29.2 Å². The second-order valence-electron chi connectivity index (χ2n) is 9.30. The molecule has 3 aromatic rings. The van der Waals surface area contributed by atoms with Gasteiger partial charge in [-0.05, 0) is 48.9 Å². The summed E-state index contributed by atoms with van der Waals surface area (Å²) in [4.78, 5) is 33.5. The number of H-pyrrole nitrogens is 1. The topological polar surface area (TPSA) is 65.6 Å². The van der Waals surface area contributed by atoms with E-state index in [0.717, 1.165) is 22.2 Å². The quantitative estimate of drug-likeness (QED) is 0.370. The minimum Gasteiger partial charge on any atom is -0.462 e. The van der Waals surface area contributed by atoms with Crippen LogP contribution in [0.5, 0.6) is 0 Å². The molecule has 2 aromatic carbocycles. The van der Waals surface area contributed by atoms with E-state index in [1.807, 2.05) is 39.1 Å². The molecule has 0 spiro atoms. The number of halogens is 2. The second kappa shape index (κ2) is 9.74. The third kappa shape index (κ3) is 4.78. The minimum absolute atomic E-state index is 0.203. The van der Waals surface area contributed by atoms with Crippen molar-refractivity contribution in [3.8, 4) is 0 Å². The predicted molar refractivity (Wildman–Crippen MR) is 137 cm³/mol. The van der Waals surface area contributed by atoms with Crippen molar-refractivity contribution in [1.82, 2.24) is 9.88 Å². The number of nitrogens with zero attached hydrogens (tertiary/aromatic N) is 2. The van der Waals surface area contributed by atoms with Crippen LogP contribution >= 0.6 is 11.6 Å². The highest BCUT2D eigenvalue weighted by molar-refractivity contribution is 6.19. The standard InChI is InChI=1S/C27H29ClFN3O3/c1-5-35-26(34)21-15-32(25(33)17-6-8-18(29)9-7-17)16-27(2,3)23-20-11-10-19(31(4)13-12-28)14-22(20)30-24(21)23/h6-11,14-15,30H,5,12-13,16H2,1-4H3. The molecule has 2 heterocycles. The van der Waals surface area contributed by atoms with Gasteiger partial charge in [0.05, 0.1) is 17.9 Å². The number of aromatic amines is 1. The Morgan fingerprint density at radius 1 is 1.20 bits per heavy atom. The molecule has 0 saturated carbocycles. The summed E-state index contributed by atoms with van der Waals surface area (Å²) >= 11 is 5.92. The molecule has 0 radical (unpaired) electrons. The number of benzene rings is 2. The maximum atomic E-state index is 13.4. The van der Waals surface area contributed by atoms with E-state index >= 15 is 0 Å². The van der Waals surface area contributed by atoms with Crippen LogP contribution in [0.4, 0.5) is 10.1 Å². The van der Waals surface area contributed by atoms with Gasteiger partial charge in [0.2, 0.25) is 0 Å². The van der Waals surface area contributed by atoms with Gasteiger partial charge in [-0.1, -0.05) is 19.9 Å². The number of fused-ring (bicyclic) bond motifs is 3. The van der Waals surface area contributed by atoms with Crippen molar-refractivity contribution in [2.24, 2.45) is 0 Å². The zero-order valence-electron chi connectivity index (χ0n) is 20.3. The van der Waals surface area contributed by atoms with Crippen LogP contribution in [0.2, 0.25) is 0 Å². The maximum Gasteiger partial charge on any atom is 0.341 e. The fourth-order valence-electron chi connectivity index (χ4n) is 4.61. The average Bonchev–Trinajstić information content (AvgIpc) is 3.16. The van der Waals surface area contributed by atoms with Crippen molar-refractivity contribution in [3.05, 3.63) is 71.3 Å². The molecule has 184 valence electrons. The number of carbonyl (C=O) groups is 2. The SMILES string of the molecule is CCOC(=O)C1=CN(C(=O)c2ccc(F)cc2)CC(C)(C)c2c1[nH]c1cc(N(C)CCCl)ccc21. The number of hydrogen-bond donors (Lipinski definition) is 1. The summed E-state index contributed by atoms with van der Waals surface area (Å²) in [5.41, 5.74) is 3.55. The lowest BCUT2D eigenvalue weighted by molar-refractivity contribution is -0.136. The molecule has 35 heavy (non-hydrogen) atoms. The van der Waals surface area contributed by atoms with Crippen LogP contribution < -0.4 is 4.90 Å². The van der Waals surface area contributed by atoms with Crippen molar-refractivity contribution >= 4 is 45.6 Å². The summed E-state index contributed by atoms with van der Waals surface area (Å²) in [6.45, 7) is 7.05. The number of rotatable bonds is 6. The lowest BCUT2D eigenvalue weighted by Gasteiger charge is -2.29. The molecule has 0 atom stereocenters. The fraction of sp³-hybridized carbons (Fsp3) is 0.333. The Morgan fingerprint density at radius 3 is 2.57 bits per heavy atom. The Kier molecular flexibility index (Phi) is 6.90. The van der Waals surface area contributed by atoms with Gasteiger partial charge in [0.15, 0.2) is 0 Å². The number of amides is 1. The van der Waals surface area contributed by atoms with Gasteiger partial charge in [-0.15, -0.1) is 11.6 Å². The van der Waals surface area contributed by atoms with Crippen LogP contribution in [-0.2, 0) is 14.9 Å². The van der Waals surface area contributed by atoms with E-state index in [4.69, 9.17) is 16.3 Å². The molecule has 0 unspecified atom stereocenters. The molecule has 0 bridgehead atoms. The smallest absolute Gasteiger partial charge is 0.341 e. The summed E-state index contributed by atoms with van der Waals surface area (Å²) in [6.07, 6.45) is 1.55. The molecule has 6 nitrogen and oxygen atoms in total. The van der Waals surface area contributed by atoms with E-state index in [0.29, 0.717) is 30.2 Å². The summed E-state index contributed by atoms with van der Waals surface area (Å²) in [6, 6.07) is 11.5. The predicted octanol–water partition coefficient (Wildman–Crippen LogP) is 5.32. The number of esters is 1. The first kappa shape index (κ1) is 24.8. The third-order valence-corrected chi connectivity index (χ3v) is 6.46. The number of aromatic nitrogens is 1. The number of alkyl halides is 1. The zero-order valence-corrected chi connectivity index (χ0v) is 21.1. The normalized spacial score (nSPS) is 14.8. The second-order valence-corrected chi connectivity index (χ2v) is 9.68. The molecule has 1 aliphatic rings. The van der Waals surface area contributed by atoms with Crippen molar-refractivity contribution in [2.45, 2.75) is 26.2 Å². The average molecular weight is 498 g/mol. The summed E-state index contributed by atoms with van der Waals surface area (Å²) in [5, 5.41) is 0.972. The van der Waals surface area contributed by atoms with Gasteiger partial charge in [-0.2, -0.15) is 0 Å². The molecule has 1 amide bonds. The molecule has 8 heteroatoms. The number of anilines is 1. The molecule has 1 N–H and O–H groups in total. The molecule has 0 saturated heterocycles. The van der Waals surface area contributed by atoms with Gasteiger partial charge in [0, 0.05) is 59.8 Å². The maximum absolute atomic E-state index is 13.4. The highest BCUT2D eigenvalue weighted by Gasteiger charge is 2.37. The lowest BCUT2D eigenvalue weighted by atomic mass is 9.81. The third-order valence-electron chi connectivity index (χ3n) is 6.29.